The Morgan fingerprint density at radius 2 is 2.14 bits per heavy atom. The van der Waals surface area contributed by atoms with Gasteiger partial charge in [-0.25, -0.2) is 0 Å². The Balaban J connectivity index is 1.93. The second kappa shape index (κ2) is 5.40. The minimum absolute atomic E-state index is 0.264. The third-order valence-corrected chi connectivity index (χ3v) is 3.59. The number of aromatic nitrogens is 1. The number of carbonyl (C=O) groups is 1. The summed E-state index contributed by atoms with van der Waals surface area (Å²) in [6.07, 6.45) is 5.50. The first-order chi connectivity index (χ1) is 10.2. The van der Waals surface area contributed by atoms with Crippen LogP contribution in [0.15, 0.2) is 34.1 Å². The summed E-state index contributed by atoms with van der Waals surface area (Å²) in [5.74, 6) is 0.664. The zero-order chi connectivity index (χ0) is 14.8. The molecule has 6 heteroatoms. The third-order valence-electron chi connectivity index (χ3n) is 3.59. The van der Waals surface area contributed by atoms with E-state index in [1.54, 1.807) is 31.5 Å². The first-order valence-corrected chi connectivity index (χ1v) is 6.75. The van der Waals surface area contributed by atoms with Crippen molar-refractivity contribution in [2.75, 3.05) is 5.32 Å². The van der Waals surface area contributed by atoms with Gasteiger partial charge >= 0.3 is 0 Å². The highest BCUT2D eigenvalue weighted by molar-refractivity contribution is 6.08. The van der Waals surface area contributed by atoms with Gasteiger partial charge in [-0.05, 0) is 31.9 Å². The van der Waals surface area contributed by atoms with E-state index in [9.17, 15) is 4.79 Å². The van der Waals surface area contributed by atoms with E-state index in [1.165, 1.54) is 0 Å². The van der Waals surface area contributed by atoms with Gasteiger partial charge in [-0.1, -0.05) is 5.16 Å². The molecule has 2 N–H and O–H groups in total. The van der Waals surface area contributed by atoms with E-state index in [4.69, 9.17) is 9.62 Å². The maximum absolute atomic E-state index is 12.3. The molecule has 2 aromatic rings. The van der Waals surface area contributed by atoms with Crippen LogP contribution in [-0.4, -0.2) is 21.8 Å². The summed E-state index contributed by atoms with van der Waals surface area (Å²) in [4.78, 5) is 16.2. The van der Waals surface area contributed by atoms with Gasteiger partial charge in [0, 0.05) is 35.6 Å². The third kappa shape index (κ3) is 2.40. The van der Waals surface area contributed by atoms with Crippen molar-refractivity contribution in [3.05, 3.63) is 47.2 Å². The van der Waals surface area contributed by atoms with Crippen LogP contribution in [0.5, 0.6) is 0 Å². The predicted molar refractivity (Wildman–Crippen MR) is 76.9 cm³/mol. The normalized spacial score (nSPS) is 15.8. The fourth-order valence-electron chi connectivity index (χ4n) is 2.61. The molecule has 0 saturated carbocycles. The van der Waals surface area contributed by atoms with Crippen molar-refractivity contribution in [3.8, 4) is 0 Å². The summed E-state index contributed by atoms with van der Waals surface area (Å²) in [6, 6.07) is 3.41. The molecule has 1 aliphatic carbocycles. The molecule has 0 radical (unpaired) electrons. The Labute approximate surface area is 121 Å². The molecule has 0 spiro atoms. The Kier molecular flexibility index (Phi) is 3.43. The van der Waals surface area contributed by atoms with Gasteiger partial charge in [0.05, 0.1) is 5.71 Å². The van der Waals surface area contributed by atoms with E-state index in [1.807, 2.05) is 0 Å². The van der Waals surface area contributed by atoms with Crippen LogP contribution in [-0.2, 0) is 6.42 Å². The van der Waals surface area contributed by atoms with Gasteiger partial charge in [-0.3, -0.25) is 9.78 Å². The Morgan fingerprint density at radius 1 is 1.38 bits per heavy atom. The molecule has 0 aliphatic heterocycles. The number of nitrogens with zero attached hydrogens (tertiary/aromatic N) is 2. The lowest BCUT2D eigenvalue weighted by molar-refractivity contribution is 0.0994. The number of rotatable bonds is 2. The van der Waals surface area contributed by atoms with Crippen LogP contribution in [0.1, 0.15) is 40.3 Å². The number of anilines is 1. The van der Waals surface area contributed by atoms with Crippen LogP contribution in [0, 0.1) is 6.92 Å². The van der Waals surface area contributed by atoms with Gasteiger partial charge in [0.15, 0.2) is 5.76 Å². The highest BCUT2D eigenvalue weighted by Gasteiger charge is 2.28. The highest BCUT2D eigenvalue weighted by atomic mass is 16.4. The average Bonchev–Trinajstić information content (AvgIpc) is 2.86. The number of furan rings is 1. The van der Waals surface area contributed by atoms with Crippen molar-refractivity contribution in [3.63, 3.8) is 0 Å². The molecule has 1 aliphatic rings. The molecule has 0 fully saturated rings. The Hall–Kier alpha value is -2.63. The number of fused-ring (bicyclic) bond motifs is 1. The van der Waals surface area contributed by atoms with Crippen LogP contribution in [0.25, 0.3) is 0 Å². The molecular weight excluding hydrogens is 270 g/mol. The summed E-state index contributed by atoms with van der Waals surface area (Å²) in [7, 11) is 0. The SMILES string of the molecule is Cc1c(C(=O)Nc2ccncc2)oc2c1/C(=N\O)CCC2. The first kappa shape index (κ1) is 13.4. The van der Waals surface area contributed by atoms with Gasteiger partial charge in [0.2, 0.25) is 0 Å². The minimum Gasteiger partial charge on any atom is -0.455 e. The van der Waals surface area contributed by atoms with Crippen LogP contribution < -0.4 is 5.32 Å². The summed E-state index contributed by atoms with van der Waals surface area (Å²) in [6.45, 7) is 1.81. The van der Waals surface area contributed by atoms with E-state index in [0.29, 0.717) is 29.1 Å². The number of hydrogen-bond acceptors (Lipinski definition) is 5. The van der Waals surface area contributed by atoms with Crippen LogP contribution in [0.3, 0.4) is 0 Å². The minimum atomic E-state index is -0.314. The van der Waals surface area contributed by atoms with Gasteiger partial charge < -0.3 is 14.9 Å². The first-order valence-electron chi connectivity index (χ1n) is 6.75. The number of pyridine rings is 1. The van der Waals surface area contributed by atoms with Gasteiger partial charge in [-0.15, -0.1) is 0 Å². The maximum atomic E-state index is 12.3. The number of carbonyl (C=O) groups excluding carboxylic acids is 1. The second-order valence-electron chi connectivity index (χ2n) is 4.94. The lowest BCUT2D eigenvalue weighted by Gasteiger charge is -2.11. The van der Waals surface area contributed by atoms with E-state index >= 15 is 0 Å². The van der Waals surface area contributed by atoms with Gasteiger partial charge in [0.25, 0.3) is 5.91 Å². The van der Waals surface area contributed by atoms with Crippen LogP contribution in [0.2, 0.25) is 0 Å². The van der Waals surface area contributed by atoms with Gasteiger partial charge in [-0.2, -0.15) is 0 Å². The molecular formula is C15H15N3O3. The smallest absolute Gasteiger partial charge is 0.291 e. The molecule has 2 aromatic heterocycles. The monoisotopic (exact) mass is 285 g/mol. The van der Waals surface area contributed by atoms with Gasteiger partial charge in [0.1, 0.15) is 5.76 Å². The molecule has 6 nitrogen and oxygen atoms in total. The molecule has 0 atom stereocenters. The van der Waals surface area contributed by atoms with Crippen molar-refractivity contribution < 1.29 is 14.4 Å². The number of aryl methyl sites for hydroxylation is 1. The van der Waals surface area contributed by atoms with Crippen molar-refractivity contribution in [2.45, 2.75) is 26.2 Å². The van der Waals surface area contributed by atoms with E-state index in [0.717, 1.165) is 18.4 Å². The summed E-state index contributed by atoms with van der Waals surface area (Å²) < 4.78 is 5.68. The summed E-state index contributed by atoms with van der Waals surface area (Å²) in [5, 5.41) is 15.2. The molecule has 0 unspecified atom stereocenters. The zero-order valence-corrected chi connectivity index (χ0v) is 11.6. The second-order valence-corrected chi connectivity index (χ2v) is 4.94. The van der Waals surface area contributed by atoms with Crippen LogP contribution in [0.4, 0.5) is 5.69 Å². The highest BCUT2D eigenvalue weighted by Crippen LogP contribution is 2.30. The van der Waals surface area contributed by atoms with E-state index in [2.05, 4.69) is 15.5 Å². The molecule has 0 aromatic carbocycles. The molecule has 21 heavy (non-hydrogen) atoms. The van der Waals surface area contributed by atoms with Crippen molar-refractivity contribution in [2.24, 2.45) is 5.16 Å². The number of oxime groups is 1. The number of amides is 1. The van der Waals surface area contributed by atoms with Crippen molar-refractivity contribution in [1.82, 2.24) is 4.98 Å². The Morgan fingerprint density at radius 3 is 2.86 bits per heavy atom. The number of hydrogen-bond donors (Lipinski definition) is 2. The van der Waals surface area contributed by atoms with E-state index < -0.39 is 0 Å². The quantitative estimate of drug-likeness (QED) is 0.656. The van der Waals surface area contributed by atoms with Crippen molar-refractivity contribution in [1.29, 1.82) is 0 Å². The number of nitrogens with one attached hydrogen (secondary N) is 1. The summed E-state index contributed by atoms with van der Waals surface area (Å²) >= 11 is 0. The van der Waals surface area contributed by atoms with Crippen LogP contribution >= 0.6 is 0 Å². The standard InChI is InChI=1S/C15H15N3O3/c1-9-13-11(18-20)3-2-4-12(13)21-14(9)15(19)17-10-5-7-16-8-6-10/h5-8,20H,2-4H2,1H3,(H,16,17,19)/b18-11-. The van der Waals surface area contributed by atoms with E-state index in [-0.39, 0.29) is 11.7 Å². The fraction of sp³-hybridized carbons (Fsp3) is 0.267. The molecule has 108 valence electrons. The molecule has 3 rings (SSSR count). The molecule has 1 amide bonds. The Bertz CT molecular complexity index is 704. The largest absolute Gasteiger partial charge is 0.455 e. The fourth-order valence-corrected chi connectivity index (χ4v) is 2.61. The topological polar surface area (TPSA) is 87.7 Å². The average molecular weight is 285 g/mol. The lowest BCUT2D eigenvalue weighted by atomic mass is 9.93. The molecule has 2 heterocycles. The predicted octanol–water partition coefficient (Wildman–Crippen LogP) is 2.75. The van der Waals surface area contributed by atoms with Crippen molar-refractivity contribution >= 4 is 17.3 Å². The molecule has 0 bridgehead atoms. The summed E-state index contributed by atoms with van der Waals surface area (Å²) in [5.41, 5.74) is 2.72. The lowest BCUT2D eigenvalue weighted by Crippen LogP contribution is -2.13. The molecule has 0 saturated heterocycles. The maximum Gasteiger partial charge on any atom is 0.291 e. The zero-order valence-electron chi connectivity index (χ0n) is 11.6.